The number of rotatable bonds is 1. The molecule has 1 aromatic carbocycles. The molecule has 4 heteroatoms. The summed E-state index contributed by atoms with van der Waals surface area (Å²) in [6, 6.07) is 5.82. The van der Waals surface area contributed by atoms with Gasteiger partial charge in [0.2, 0.25) is 0 Å². The van der Waals surface area contributed by atoms with Crippen molar-refractivity contribution in [2.45, 2.75) is 20.8 Å². The minimum Gasteiger partial charge on any atom is -0.290 e. The van der Waals surface area contributed by atoms with E-state index >= 15 is 0 Å². The third kappa shape index (κ3) is 1.87. The highest BCUT2D eigenvalue weighted by atomic mass is 16.2. The van der Waals surface area contributed by atoms with Gasteiger partial charge in [-0.1, -0.05) is 12.1 Å². The fourth-order valence-corrected chi connectivity index (χ4v) is 1.88. The molecule has 2 rings (SSSR count). The summed E-state index contributed by atoms with van der Waals surface area (Å²) in [6.07, 6.45) is 0. The Balaban J connectivity index is 2.75. The number of nitrogens with one attached hydrogen (secondary N) is 1. The maximum Gasteiger partial charge on any atom is 0.267 e. The molecule has 0 atom stereocenters. The van der Waals surface area contributed by atoms with Crippen molar-refractivity contribution in [2.75, 3.05) is 0 Å². The van der Waals surface area contributed by atoms with Gasteiger partial charge in [0.25, 0.3) is 5.91 Å². The van der Waals surface area contributed by atoms with E-state index < -0.39 is 0 Å². The number of aromatic nitrogens is 1. The first-order valence-corrected chi connectivity index (χ1v) is 5.43. The zero-order valence-corrected chi connectivity index (χ0v) is 10.2. The van der Waals surface area contributed by atoms with Crippen molar-refractivity contribution < 1.29 is 4.79 Å². The van der Waals surface area contributed by atoms with Crippen LogP contribution < -0.4 is 11.3 Å². The van der Waals surface area contributed by atoms with Crippen molar-refractivity contribution >= 4 is 16.8 Å². The van der Waals surface area contributed by atoms with Gasteiger partial charge in [-0.3, -0.25) is 15.2 Å². The monoisotopic (exact) mass is 229 g/mol. The fraction of sp³-hybridized carbons (Fsp3) is 0.231. The number of carbonyl (C=O) groups is 1. The van der Waals surface area contributed by atoms with Crippen molar-refractivity contribution in [2.24, 2.45) is 5.84 Å². The highest BCUT2D eigenvalue weighted by Crippen LogP contribution is 2.22. The van der Waals surface area contributed by atoms with Crippen LogP contribution in [-0.4, -0.2) is 10.9 Å². The number of nitrogens with zero attached hydrogens (tertiary/aromatic N) is 1. The summed E-state index contributed by atoms with van der Waals surface area (Å²) in [6.45, 7) is 5.89. The van der Waals surface area contributed by atoms with Crippen LogP contribution in [0.25, 0.3) is 10.9 Å². The van der Waals surface area contributed by atoms with Crippen molar-refractivity contribution in [3.05, 3.63) is 40.6 Å². The van der Waals surface area contributed by atoms with Crippen molar-refractivity contribution in [1.82, 2.24) is 10.4 Å². The number of aryl methyl sites for hydroxylation is 3. The molecule has 0 saturated heterocycles. The summed E-state index contributed by atoms with van der Waals surface area (Å²) >= 11 is 0. The standard InChI is InChI=1S/C13H15N3O/c1-7-4-5-10-6-11(13(17)16-14)9(3)15-12(10)8(7)2/h4-6H,14H2,1-3H3,(H,16,17). The van der Waals surface area contributed by atoms with E-state index in [9.17, 15) is 4.79 Å². The summed E-state index contributed by atoms with van der Waals surface area (Å²) < 4.78 is 0. The highest BCUT2D eigenvalue weighted by molar-refractivity contribution is 5.98. The van der Waals surface area contributed by atoms with Gasteiger partial charge in [-0.15, -0.1) is 0 Å². The van der Waals surface area contributed by atoms with Crippen LogP contribution in [0.2, 0.25) is 0 Å². The summed E-state index contributed by atoms with van der Waals surface area (Å²) in [4.78, 5) is 16.0. The molecular formula is C13H15N3O. The van der Waals surface area contributed by atoms with E-state index in [1.54, 1.807) is 0 Å². The number of hydrazine groups is 1. The van der Waals surface area contributed by atoms with Gasteiger partial charge in [0.15, 0.2) is 0 Å². The first kappa shape index (κ1) is 11.5. The maximum atomic E-state index is 11.6. The van der Waals surface area contributed by atoms with Crippen molar-refractivity contribution in [3.8, 4) is 0 Å². The lowest BCUT2D eigenvalue weighted by Gasteiger charge is -2.09. The van der Waals surface area contributed by atoms with Gasteiger partial charge in [-0.05, 0) is 38.0 Å². The van der Waals surface area contributed by atoms with E-state index in [-0.39, 0.29) is 5.91 Å². The molecule has 0 spiro atoms. The number of benzene rings is 1. The quantitative estimate of drug-likeness (QED) is 0.445. The number of carbonyl (C=O) groups excluding carboxylic acids is 1. The molecule has 2 aromatic rings. The fourth-order valence-electron chi connectivity index (χ4n) is 1.88. The number of amides is 1. The predicted molar refractivity (Wildman–Crippen MR) is 67.6 cm³/mol. The van der Waals surface area contributed by atoms with Crippen LogP contribution in [0, 0.1) is 20.8 Å². The van der Waals surface area contributed by atoms with Gasteiger partial charge < -0.3 is 0 Å². The number of hydrogen-bond acceptors (Lipinski definition) is 3. The lowest BCUT2D eigenvalue weighted by Crippen LogP contribution is -2.30. The topological polar surface area (TPSA) is 68.0 Å². The molecule has 3 N–H and O–H groups in total. The molecule has 0 unspecified atom stereocenters. The van der Waals surface area contributed by atoms with E-state index in [0.717, 1.165) is 16.5 Å². The number of pyridine rings is 1. The van der Waals surface area contributed by atoms with Gasteiger partial charge in [0.05, 0.1) is 16.8 Å². The molecule has 1 heterocycles. The third-order valence-corrected chi connectivity index (χ3v) is 3.08. The molecule has 0 saturated carbocycles. The molecule has 1 amide bonds. The molecular weight excluding hydrogens is 214 g/mol. The van der Waals surface area contributed by atoms with Crippen LogP contribution in [-0.2, 0) is 0 Å². The SMILES string of the molecule is Cc1ccc2cc(C(=O)NN)c(C)nc2c1C. The van der Waals surface area contributed by atoms with E-state index in [0.29, 0.717) is 11.3 Å². The summed E-state index contributed by atoms with van der Waals surface area (Å²) in [5, 5.41) is 0.956. The van der Waals surface area contributed by atoms with Gasteiger partial charge >= 0.3 is 0 Å². The number of nitrogens with two attached hydrogens (primary N) is 1. The lowest BCUT2D eigenvalue weighted by atomic mass is 10.0. The Kier molecular flexibility index (Phi) is 2.81. The van der Waals surface area contributed by atoms with E-state index in [1.165, 1.54) is 5.56 Å². The first-order chi connectivity index (χ1) is 8.04. The summed E-state index contributed by atoms with van der Waals surface area (Å²) in [5.41, 5.74) is 6.62. The molecule has 0 aliphatic carbocycles. The zero-order chi connectivity index (χ0) is 12.6. The second kappa shape index (κ2) is 4.14. The Morgan fingerprint density at radius 2 is 2.00 bits per heavy atom. The summed E-state index contributed by atoms with van der Waals surface area (Å²) in [7, 11) is 0. The van der Waals surface area contributed by atoms with Crippen LogP contribution >= 0.6 is 0 Å². The van der Waals surface area contributed by atoms with Crippen LogP contribution in [0.4, 0.5) is 0 Å². The molecule has 0 bridgehead atoms. The van der Waals surface area contributed by atoms with Crippen LogP contribution in [0.5, 0.6) is 0 Å². The third-order valence-electron chi connectivity index (χ3n) is 3.08. The number of hydrogen-bond donors (Lipinski definition) is 2. The average molecular weight is 229 g/mol. The largest absolute Gasteiger partial charge is 0.290 e. The molecule has 0 aliphatic rings. The smallest absolute Gasteiger partial charge is 0.267 e. The van der Waals surface area contributed by atoms with E-state index in [1.807, 2.05) is 39.0 Å². The second-order valence-electron chi connectivity index (χ2n) is 4.17. The molecule has 0 radical (unpaired) electrons. The molecule has 17 heavy (non-hydrogen) atoms. The van der Waals surface area contributed by atoms with E-state index in [4.69, 9.17) is 5.84 Å². The molecule has 0 aliphatic heterocycles. The van der Waals surface area contributed by atoms with Crippen LogP contribution in [0.15, 0.2) is 18.2 Å². The number of fused-ring (bicyclic) bond motifs is 1. The Bertz CT molecular complexity index is 605. The van der Waals surface area contributed by atoms with Gasteiger partial charge in [-0.25, -0.2) is 5.84 Å². The van der Waals surface area contributed by atoms with Crippen LogP contribution in [0.3, 0.4) is 0 Å². The predicted octanol–water partition coefficient (Wildman–Crippen LogP) is 1.76. The first-order valence-electron chi connectivity index (χ1n) is 5.43. The van der Waals surface area contributed by atoms with Gasteiger partial charge in [0, 0.05) is 5.39 Å². The van der Waals surface area contributed by atoms with Crippen molar-refractivity contribution in [3.63, 3.8) is 0 Å². The lowest BCUT2D eigenvalue weighted by molar-refractivity contribution is 0.0953. The van der Waals surface area contributed by atoms with Gasteiger partial charge in [-0.2, -0.15) is 0 Å². The minimum atomic E-state index is -0.310. The van der Waals surface area contributed by atoms with Crippen LogP contribution in [0.1, 0.15) is 27.2 Å². The second-order valence-corrected chi connectivity index (χ2v) is 4.17. The minimum absolute atomic E-state index is 0.310. The number of nitrogen functional groups attached to an aromatic ring is 1. The Morgan fingerprint density at radius 1 is 1.29 bits per heavy atom. The summed E-state index contributed by atoms with van der Waals surface area (Å²) in [5.74, 6) is 4.83. The molecule has 88 valence electrons. The average Bonchev–Trinajstić information content (AvgIpc) is 2.33. The molecule has 1 aromatic heterocycles. The maximum absolute atomic E-state index is 11.6. The Morgan fingerprint density at radius 3 is 2.65 bits per heavy atom. The molecule has 4 nitrogen and oxygen atoms in total. The van der Waals surface area contributed by atoms with Gasteiger partial charge in [0.1, 0.15) is 0 Å². The Labute approximate surface area is 99.8 Å². The van der Waals surface area contributed by atoms with Crippen molar-refractivity contribution in [1.29, 1.82) is 0 Å². The van der Waals surface area contributed by atoms with E-state index in [2.05, 4.69) is 10.4 Å². The highest BCUT2D eigenvalue weighted by Gasteiger charge is 2.11. The zero-order valence-electron chi connectivity index (χ0n) is 10.2. The normalized spacial score (nSPS) is 10.6. The Hall–Kier alpha value is -1.94. The molecule has 0 fully saturated rings.